The zero-order chi connectivity index (χ0) is 31.6. The highest BCUT2D eigenvalue weighted by atomic mass is 16.6. The van der Waals surface area contributed by atoms with Crippen molar-refractivity contribution in [3.63, 3.8) is 0 Å². The van der Waals surface area contributed by atoms with Gasteiger partial charge >= 0.3 is 6.09 Å². The van der Waals surface area contributed by atoms with E-state index in [0.717, 1.165) is 0 Å². The maximum atomic E-state index is 14.4. The molecule has 0 bridgehead atoms. The van der Waals surface area contributed by atoms with Gasteiger partial charge in [0, 0.05) is 24.2 Å². The molecule has 0 aliphatic rings. The van der Waals surface area contributed by atoms with Gasteiger partial charge in [-0.05, 0) is 74.4 Å². The lowest BCUT2D eigenvalue weighted by molar-refractivity contribution is -0.140. The quantitative estimate of drug-likeness (QED) is 0.211. The Hall–Kier alpha value is -5.23. The third-order valence-electron chi connectivity index (χ3n) is 6.30. The van der Waals surface area contributed by atoms with Crippen LogP contribution in [0.25, 0.3) is 0 Å². The fourth-order valence-electron chi connectivity index (χ4n) is 4.38. The van der Waals surface area contributed by atoms with Gasteiger partial charge in [0.05, 0.1) is 7.11 Å². The van der Waals surface area contributed by atoms with Crippen LogP contribution in [0.1, 0.15) is 43.5 Å². The third kappa shape index (κ3) is 9.13. The van der Waals surface area contributed by atoms with Gasteiger partial charge in [0.2, 0.25) is 5.91 Å². The molecule has 224 valence electrons. The number of carbonyl (C=O) groups is 3. The Labute approximate surface area is 252 Å². The summed E-state index contributed by atoms with van der Waals surface area (Å²) in [5, 5.41) is 15.3. The van der Waals surface area contributed by atoms with Crippen LogP contribution in [-0.4, -0.2) is 53.2 Å². The lowest BCUT2D eigenvalue weighted by Crippen LogP contribution is -2.53. The van der Waals surface area contributed by atoms with Crippen LogP contribution in [0, 0.1) is 12.3 Å². The first-order chi connectivity index (χ1) is 20.4. The molecule has 43 heavy (non-hydrogen) atoms. The number of terminal acetylenes is 1. The molecule has 3 aromatic carbocycles. The van der Waals surface area contributed by atoms with E-state index < -0.39 is 35.6 Å². The van der Waals surface area contributed by atoms with Crippen LogP contribution < -0.4 is 15.4 Å². The number of aromatic hydroxyl groups is 1. The maximum absolute atomic E-state index is 14.4. The topological polar surface area (TPSA) is 117 Å². The highest BCUT2D eigenvalue weighted by Crippen LogP contribution is 2.28. The van der Waals surface area contributed by atoms with Crippen molar-refractivity contribution in [1.29, 1.82) is 0 Å². The van der Waals surface area contributed by atoms with E-state index in [1.165, 1.54) is 23.1 Å². The molecule has 2 atom stereocenters. The number of carbonyl (C=O) groups excluding carboxylic acids is 3. The van der Waals surface area contributed by atoms with E-state index in [0.29, 0.717) is 28.1 Å². The number of nitrogens with zero attached hydrogens (tertiary/aromatic N) is 1. The second-order valence-corrected chi connectivity index (χ2v) is 10.7. The van der Waals surface area contributed by atoms with Gasteiger partial charge in [-0.2, -0.15) is 0 Å². The summed E-state index contributed by atoms with van der Waals surface area (Å²) >= 11 is 0. The van der Waals surface area contributed by atoms with Crippen molar-refractivity contribution in [2.45, 2.75) is 44.9 Å². The molecule has 0 radical (unpaired) electrons. The minimum atomic E-state index is -1.19. The summed E-state index contributed by atoms with van der Waals surface area (Å²) in [5.74, 6) is 2.18. The van der Waals surface area contributed by atoms with Crippen LogP contribution in [0.4, 0.5) is 10.5 Å². The van der Waals surface area contributed by atoms with Crippen molar-refractivity contribution >= 4 is 23.6 Å². The number of hydrogen-bond donors (Lipinski definition) is 3. The van der Waals surface area contributed by atoms with Crippen molar-refractivity contribution in [2.75, 3.05) is 19.0 Å². The Morgan fingerprint density at radius 1 is 1.05 bits per heavy atom. The predicted molar refractivity (Wildman–Crippen MR) is 166 cm³/mol. The Bertz CT molecular complexity index is 1470. The standard InChI is InChI=1S/C34H37N3O6/c1-7-21-37(32(40)29(36-33(41)43-34(3,4)5)22-23-13-17-26(38)18-14-23)30(28-12-10-9-11-24(28)8-2)31(39)35-25-15-19-27(42-6)20-16-25/h2,7,9-20,29-30,38H,1,21-22H2,3-6H3,(H,35,39)(H,36,41). The largest absolute Gasteiger partial charge is 0.508 e. The van der Waals surface area contributed by atoms with Crippen LogP contribution in [-0.2, 0) is 20.7 Å². The van der Waals surface area contributed by atoms with Gasteiger partial charge in [-0.3, -0.25) is 9.59 Å². The van der Waals surface area contributed by atoms with Crippen molar-refractivity contribution in [2.24, 2.45) is 0 Å². The van der Waals surface area contributed by atoms with Crippen LogP contribution in [0.2, 0.25) is 0 Å². The number of methoxy groups -OCH3 is 1. The molecular weight excluding hydrogens is 546 g/mol. The molecule has 0 saturated carbocycles. The van der Waals surface area contributed by atoms with Crippen LogP contribution in [0.3, 0.4) is 0 Å². The fourth-order valence-corrected chi connectivity index (χ4v) is 4.38. The number of ether oxygens (including phenoxy) is 2. The van der Waals surface area contributed by atoms with Crippen molar-refractivity contribution in [3.8, 4) is 23.8 Å². The monoisotopic (exact) mass is 583 g/mol. The first kappa shape index (κ1) is 32.3. The third-order valence-corrected chi connectivity index (χ3v) is 6.30. The van der Waals surface area contributed by atoms with Gasteiger partial charge in [-0.25, -0.2) is 4.79 Å². The molecule has 0 heterocycles. The number of hydrogen-bond acceptors (Lipinski definition) is 6. The summed E-state index contributed by atoms with van der Waals surface area (Å²) in [6.45, 7) is 8.90. The van der Waals surface area contributed by atoms with Crippen molar-refractivity contribution < 1.29 is 29.0 Å². The molecule has 0 spiro atoms. The summed E-state index contributed by atoms with van der Waals surface area (Å²) in [6, 6.07) is 17.5. The number of nitrogens with one attached hydrogen (secondary N) is 2. The molecule has 0 aliphatic carbocycles. The molecule has 3 aromatic rings. The second kappa shape index (κ2) is 14.6. The fraction of sp³-hybridized carbons (Fsp3) is 0.265. The summed E-state index contributed by atoms with van der Waals surface area (Å²) in [7, 11) is 1.54. The van der Waals surface area contributed by atoms with Gasteiger partial charge < -0.3 is 30.1 Å². The Morgan fingerprint density at radius 2 is 1.70 bits per heavy atom. The number of amides is 3. The summed E-state index contributed by atoms with van der Waals surface area (Å²) in [4.78, 5) is 42.6. The Balaban J connectivity index is 2.08. The van der Waals surface area contributed by atoms with Crippen molar-refractivity contribution in [1.82, 2.24) is 10.2 Å². The molecular formula is C34H37N3O6. The Morgan fingerprint density at radius 3 is 2.28 bits per heavy atom. The molecule has 3 rings (SSSR count). The van der Waals surface area contributed by atoms with E-state index in [1.807, 2.05) is 0 Å². The first-order valence-corrected chi connectivity index (χ1v) is 13.6. The van der Waals surface area contributed by atoms with Crippen LogP contribution in [0.5, 0.6) is 11.5 Å². The maximum Gasteiger partial charge on any atom is 0.408 e. The molecule has 0 fully saturated rings. The number of phenols is 1. The number of rotatable bonds is 11. The number of anilines is 1. The summed E-state index contributed by atoms with van der Waals surface area (Å²) < 4.78 is 10.7. The lowest BCUT2D eigenvalue weighted by atomic mass is 9.96. The first-order valence-electron chi connectivity index (χ1n) is 13.6. The smallest absolute Gasteiger partial charge is 0.408 e. The SMILES string of the molecule is C#Cc1ccccc1C(C(=O)Nc1ccc(OC)cc1)N(CC=C)C(=O)C(Cc1ccc(O)cc1)NC(=O)OC(C)(C)C. The molecule has 9 nitrogen and oxygen atoms in total. The average Bonchev–Trinajstić information content (AvgIpc) is 2.97. The summed E-state index contributed by atoms with van der Waals surface area (Å²) in [5.41, 5.74) is 1.17. The normalized spacial score (nSPS) is 12.2. The van der Waals surface area contributed by atoms with Crippen molar-refractivity contribution in [3.05, 3.63) is 102 Å². The zero-order valence-electron chi connectivity index (χ0n) is 24.8. The summed E-state index contributed by atoms with van der Waals surface area (Å²) in [6.07, 6.45) is 6.56. The van der Waals surface area contributed by atoms with Gasteiger partial charge in [0.1, 0.15) is 29.2 Å². The molecule has 0 aromatic heterocycles. The van der Waals surface area contributed by atoms with E-state index in [1.54, 1.807) is 88.5 Å². The molecule has 0 saturated heterocycles. The van der Waals surface area contributed by atoms with Gasteiger partial charge in [-0.15, -0.1) is 13.0 Å². The van der Waals surface area contributed by atoms with Gasteiger partial charge in [0.25, 0.3) is 5.91 Å². The number of phenolic OH excluding ortho intramolecular Hbond substituents is 1. The highest BCUT2D eigenvalue weighted by Gasteiger charge is 2.37. The van der Waals surface area contributed by atoms with Gasteiger partial charge in [0.15, 0.2) is 0 Å². The number of alkyl carbamates (subject to hydrolysis) is 1. The molecule has 0 aliphatic heterocycles. The molecule has 3 N–H and O–H groups in total. The number of benzene rings is 3. The van der Waals surface area contributed by atoms with E-state index in [-0.39, 0.29) is 18.7 Å². The zero-order valence-corrected chi connectivity index (χ0v) is 24.8. The average molecular weight is 584 g/mol. The van der Waals surface area contributed by atoms with E-state index in [9.17, 15) is 19.5 Å². The Kier molecular flexibility index (Phi) is 11.0. The van der Waals surface area contributed by atoms with Gasteiger partial charge in [-0.1, -0.05) is 42.3 Å². The van der Waals surface area contributed by atoms with E-state index in [4.69, 9.17) is 15.9 Å². The van der Waals surface area contributed by atoms with E-state index >= 15 is 0 Å². The highest BCUT2D eigenvalue weighted by molar-refractivity contribution is 5.99. The van der Waals surface area contributed by atoms with E-state index in [2.05, 4.69) is 23.1 Å². The van der Waals surface area contributed by atoms with Crippen LogP contribution in [0.15, 0.2) is 85.5 Å². The minimum absolute atomic E-state index is 0.0412. The predicted octanol–water partition coefficient (Wildman–Crippen LogP) is 5.21. The minimum Gasteiger partial charge on any atom is -0.508 e. The molecule has 2 unspecified atom stereocenters. The molecule has 3 amide bonds. The second-order valence-electron chi connectivity index (χ2n) is 10.7. The van der Waals surface area contributed by atoms with Crippen LogP contribution >= 0.6 is 0 Å². The molecule has 9 heteroatoms. The lowest BCUT2D eigenvalue weighted by Gasteiger charge is -2.34.